The molecule has 6 heteroatoms. The first kappa shape index (κ1) is 10.2. The summed E-state index contributed by atoms with van der Waals surface area (Å²) in [6.07, 6.45) is -6.01. The van der Waals surface area contributed by atoms with E-state index in [0.29, 0.717) is 0 Å². The fourth-order valence-corrected chi connectivity index (χ4v) is 0.473. The van der Waals surface area contributed by atoms with Crippen molar-refractivity contribution >= 4 is 5.97 Å². The molecule has 0 aliphatic rings. The Hall–Kier alpha value is -0.780. The van der Waals surface area contributed by atoms with E-state index in [1.165, 1.54) is 0 Å². The highest BCUT2D eigenvalue weighted by atomic mass is 19.4. The summed E-state index contributed by atoms with van der Waals surface area (Å²) in [4.78, 5) is 9.93. The van der Waals surface area contributed by atoms with E-state index in [-0.39, 0.29) is 0 Å². The van der Waals surface area contributed by atoms with Crippen molar-refractivity contribution in [1.29, 1.82) is 0 Å². The lowest BCUT2D eigenvalue weighted by Gasteiger charge is -2.23. The molecule has 0 heterocycles. The molecule has 11 heavy (non-hydrogen) atoms. The number of aliphatic carboxylic acids is 1. The van der Waals surface area contributed by atoms with Crippen LogP contribution in [-0.4, -0.2) is 28.0 Å². The molecule has 0 fully saturated rings. The third-order valence-electron chi connectivity index (χ3n) is 1.33. The number of aliphatic hydroxyl groups is 1. The minimum Gasteiger partial charge on any atom is -0.479 e. The van der Waals surface area contributed by atoms with Crippen molar-refractivity contribution in [3.05, 3.63) is 0 Å². The van der Waals surface area contributed by atoms with Crippen molar-refractivity contribution in [3.8, 4) is 0 Å². The molecule has 0 unspecified atom stereocenters. The second kappa shape index (κ2) is 2.69. The highest BCUT2D eigenvalue weighted by molar-refractivity contribution is 5.78. The van der Waals surface area contributed by atoms with Gasteiger partial charge in [0, 0.05) is 0 Å². The van der Waals surface area contributed by atoms with Gasteiger partial charge in [-0.15, -0.1) is 0 Å². The van der Waals surface area contributed by atoms with Crippen LogP contribution in [0.25, 0.3) is 0 Å². The van der Waals surface area contributed by atoms with E-state index in [2.05, 4.69) is 0 Å². The average molecular weight is 172 g/mol. The Morgan fingerprint density at radius 3 is 1.82 bits per heavy atom. The summed E-state index contributed by atoms with van der Waals surface area (Å²) in [7, 11) is 0. The Morgan fingerprint density at radius 1 is 1.45 bits per heavy atom. The molecule has 0 saturated heterocycles. The summed E-state index contributed by atoms with van der Waals surface area (Å²) >= 11 is 0. The van der Waals surface area contributed by atoms with Crippen molar-refractivity contribution in [2.45, 2.75) is 25.1 Å². The zero-order chi connectivity index (χ0) is 9.28. The molecular weight excluding hydrogens is 165 g/mol. The molecule has 0 aromatic heterocycles. The molecule has 0 aromatic carbocycles. The van der Waals surface area contributed by atoms with E-state index in [1.54, 1.807) is 0 Å². The van der Waals surface area contributed by atoms with Gasteiger partial charge in [0.15, 0.2) is 0 Å². The van der Waals surface area contributed by atoms with Crippen LogP contribution in [0.2, 0.25) is 0 Å². The van der Waals surface area contributed by atoms with E-state index < -0.39 is 24.2 Å². The molecule has 0 spiro atoms. The van der Waals surface area contributed by atoms with Crippen molar-refractivity contribution < 1.29 is 28.2 Å². The molecule has 1 atom stereocenters. The smallest absolute Gasteiger partial charge is 0.428 e. The van der Waals surface area contributed by atoms with Crippen molar-refractivity contribution in [2.24, 2.45) is 0 Å². The number of alkyl halides is 3. The predicted molar refractivity (Wildman–Crippen MR) is 28.9 cm³/mol. The van der Waals surface area contributed by atoms with Gasteiger partial charge >= 0.3 is 12.1 Å². The standard InChI is InChI=1S/C5H7F3O3/c1-2-4(11,3(9)10)5(6,7)8/h11H,2H2,1H3,(H,9,10)/t4-/m0/s1. The molecule has 66 valence electrons. The third kappa shape index (κ3) is 1.62. The topological polar surface area (TPSA) is 57.5 Å². The molecule has 0 aliphatic heterocycles. The van der Waals surface area contributed by atoms with Gasteiger partial charge in [0.1, 0.15) is 0 Å². The first-order chi connectivity index (χ1) is 4.75. The molecule has 0 radical (unpaired) electrons. The van der Waals surface area contributed by atoms with Crippen molar-refractivity contribution in [2.75, 3.05) is 0 Å². The lowest BCUT2D eigenvalue weighted by molar-refractivity contribution is -0.260. The number of halogens is 3. The highest BCUT2D eigenvalue weighted by Gasteiger charge is 2.58. The van der Waals surface area contributed by atoms with E-state index in [9.17, 15) is 18.0 Å². The Morgan fingerprint density at radius 2 is 1.82 bits per heavy atom. The number of carboxylic acid groups (broad SMARTS) is 1. The van der Waals surface area contributed by atoms with Crippen LogP contribution in [0.15, 0.2) is 0 Å². The molecule has 0 aromatic rings. The Bertz CT molecular complexity index is 165. The van der Waals surface area contributed by atoms with Gasteiger partial charge in [-0.3, -0.25) is 0 Å². The minimum atomic E-state index is -5.12. The second-order valence-corrected chi connectivity index (χ2v) is 2.02. The molecule has 0 rings (SSSR count). The number of carboxylic acids is 1. The van der Waals surface area contributed by atoms with Crippen LogP contribution in [-0.2, 0) is 4.79 Å². The monoisotopic (exact) mass is 172 g/mol. The fraction of sp³-hybridized carbons (Fsp3) is 0.800. The summed E-state index contributed by atoms with van der Waals surface area (Å²) in [5.74, 6) is -2.27. The maximum atomic E-state index is 11.7. The summed E-state index contributed by atoms with van der Waals surface area (Å²) in [6, 6.07) is 0. The quantitative estimate of drug-likeness (QED) is 0.646. The van der Waals surface area contributed by atoms with Gasteiger partial charge in [-0.05, 0) is 6.42 Å². The van der Waals surface area contributed by atoms with E-state index >= 15 is 0 Å². The Kier molecular flexibility index (Phi) is 2.50. The first-order valence-corrected chi connectivity index (χ1v) is 2.78. The molecule has 2 N–H and O–H groups in total. The lowest BCUT2D eigenvalue weighted by Crippen LogP contribution is -2.51. The number of carbonyl (C=O) groups is 1. The Labute approximate surface area is 60.4 Å². The van der Waals surface area contributed by atoms with Crippen LogP contribution in [0.5, 0.6) is 0 Å². The molecular formula is C5H7F3O3. The number of hydrogen-bond acceptors (Lipinski definition) is 2. The average Bonchev–Trinajstić information content (AvgIpc) is 1.83. The second-order valence-electron chi connectivity index (χ2n) is 2.02. The largest absolute Gasteiger partial charge is 0.479 e. The van der Waals surface area contributed by atoms with Crippen LogP contribution in [0.1, 0.15) is 13.3 Å². The molecule has 0 amide bonds. The van der Waals surface area contributed by atoms with Crippen LogP contribution in [0.3, 0.4) is 0 Å². The molecule has 0 aliphatic carbocycles. The van der Waals surface area contributed by atoms with Crippen molar-refractivity contribution in [3.63, 3.8) is 0 Å². The summed E-state index contributed by atoms with van der Waals surface area (Å²) in [5, 5.41) is 16.5. The maximum Gasteiger partial charge on any atom is 0.428 e. The van der Waals surface area contributed by atoms with Crippen LogP contribution in [0.4, 0.5) is 13.2 Å². The van der Waals surface area contributed by atoms with Gasteiger partial charge in [-0.25, -0.2) is 4.79 Å². The minimum absolute atomic E-state index is 0.897. The predicted octanol–water partition coefficient (Wildman–Crippen LogP) is 0.774. The highest BCUT2D eigenvalue weighted by Crippen LogP contribution is 2.32. The third-order valence-corrected chi connectivity index (χ3v) is 1.33. The Balaban J connectivity index is 4.75. The van der Waals surface area contributed by atoms with Gasteiger partial charge in [0.05, 0.1) is 0 Å². The number of rotatable bonds is 2. The van der Waals surface area contributed by atoms with Crippen molar-refractivity contribution in [1.82, 2.24) is 0 Å². The van der Waals surface area contributed by atoms with E-state index in [4.69, 9.17) is 10.2 Å². The summed E-state index contributed by atoms with van der Waals surface area (Å²) < 4.78 is 35.2. The first-order valence-electron chi connectivity index (χ1n) is 2.78. The van der Waals surface area contributed by atoms with Crippen LogP contribution >= 0.6 is 0 Å². The van der Waals surface area contributed by atoms with Crippen LogP contribution in [0, 0.1) is 0 Å². The molecule has 0 bridgehead atoms. The molecule has 3 nitrogen and oxygen atoms in total. The normalized spacial score (nSPS) is 17.5. The van der Waals surface area contributed by atoms with E-state index in [1.807, 2.05) is 0 Å². The van der Waals surface area contributed by atoms with Gasteiger partial charge in [-0.1, -0.05) is 6.92 Å². The van der Waals surface area contributed by atoms with Crippen LogP contribution < -0.4 is 0 Å². The fourth-order valence-electron chi connectivity index (χ4n) is 0.473. The summed E-state index contributed by atoms with van der Waals surface area (Å²) in [5.41, 5.74) is -3.60. The SMILES string of the molecule is CC[C@](O)(C(=O)O)C(F)(F)F. The van der Waals surface area contributed by atoms with Gasteiger partial charge in [-0.2, -0.15) is 13.2 Å². The van der Waals surface area contributed by atoms with Gasteiger partial charge in [0.2, 0.25) is 0 Å². The zero-order valence-corrected chi connectivity index (χ0v) is 5.64. The zero-order valence-electron chi connectivity index (χ0n) is 5.64. The summed E-state index contributed by atoms with van der Waals surface area (Å²) in [6.45, 7) is 0.946. The lowest BCUT2D eigenvalue weighted by atomic mass is 10.0. The van der Waals surface area contributed by atoms with E-state index in [0.717, 1.165) is 6.92 Å². The van der Waals surface area contributed by atoms with Gasteiger partial charge < -0.3 is 10.2 Å². The number of hydrogen-bond donors (Lipinski definition) is 2. The maximum absolute atomic E-state index is 11.7. The van der Waals surface area contributed by atoms with Gasteiger partial charge in [0.25, 0.3) is 5.60 Å². The molecule has 0 saturated carbocycles.